The SMILES string of the molecule is O=C(O)c1cc(-c2ccc(CO)cc2)ccc1F. The van der Waals surface area contributed by atoms with Crippen LogP contribution < -0.4 is 0 Å². The van der Waals surface area contributed by atoms with Gasteiger partial charge in [0.2, 0.25) is 0 Å². The van der Waals surface area contributed by atoms with Crippen molar-refractivity contribution in [1.29, 1.82) is 0 Å². The molecule has 0 aliphatic carbocycles. The number of aliphatic hydroxyl groups excluding tert-OH is 1. The molecule has 18 heavy (non-hydrogen) atoms. The fourth-order valence-corrected chi connectivity index (χ4v) is 1.67. The number of aliphatic hydroxyl groups is 1. The number of carboxylic acids is 1. The third-order valence-corrected chi connectivity index (χ3v) is 2.67. The Kier molecular flexibility index (Phi) is 3.39. The van der Waals surface area contributed by atoms with Crippen molar-refractivity contribution in [1.82, 2.24) is 0 Å². The summed E-state index contributed by atoms with van der Waals surface area (Å²) in [5, 5.41) is 17.8. The lowest BCUT2D eigenvalue weighted by Gasteiger charge is -2.05. The van der Waals surface area contributed by atoms with Gasteiger partial charge in [0.15, 0.2) is 0 Å². The van der Waals surface area contributed by atoms with Crippen molar-refractivity contribution in [3.63, 3.8) is 0 Å². The van der Waals surface area contributed by atoms with Crippen molar-refractivity contribution in [3.8, 4) is 11.1 Å². The molecule has 3 nitrogen and oxygen atoms in total. The first-order valence-corrected chi connectivity index (χ1v) is 5.35. The van der Waals surface area contributed by atoms with E-state index < -0.39 is 11.8 Å². The first kappa shape index (κ1) is 12.3. The topological polar surface area (TPSA) is 57.5 Å². The van der Waals surface area contributed by atoms with E-state index in [1.54, 1.807) is 24.3 Å². The summed E-state index contributed by atoms with van der Waals surface area (Å²) in [5.74, 6) is -2.04. The molecule has 4 heteroatoms. The molecule has 2 rings (SSSR count). The van der Waals surface area contributed by atoms with Gasteiger partial charge < -0.3 is 10.2 Å². The monoisotopic (exact) mass is 246 g/mol. The van der Waals surface area contributed by atoms with E-state index in [0.29, 0.717) is 5.56 Å². The highest BCUT2D eigenvalue weighted by Crippen LogP contribution is 2.22. The molecule has 0 fully saturated rings. The number of rotatable bonds is 3. The van der Waals surface area contributed by atoms with Crippen LogP contribution in [0, 0.1) is 5.82 Å². The summed E-state index contributed by atoms with van der Waals surface area (Å²) in [4.78, 5) is 10.8. The van der Waals surface area contributed by atoms with Gasteiger partial charge in [0.25, 0.3) is 0 Å². The van der Waals surface area contributed by atoms with Crippen LogP contribution in [-0.2, 0) is 6.61 Å². The molecule has 0 aliphatic heterocycles. The molecule has 0 saturated heterocycles. The zero-order valence-electron chi connectivity index (χ0n) is 9.43. The first-order valence-electron chi connectivity index (χ1n) is 5.35. The van der Waals surface area contributed by atoms with Gasteiger partial charge in [-0.3, -0.25) is 0 Å². The van der Waals surface area contributed by atoms with E-state index in [-0.39, 0.29) is 12.2 Å². The molecule has 0 bridgehead atoms. The number of benzene rings is 2. The van der Waals surface area contributed by atoms with Gasteiger partial charge in [0, 0.05) is 0 Å². The van der Waals surface area contributed by atoms with Gasteiger partial charge in [-0.2, -0.15) is 0 Å². The number of hydrogen-bond acceptors (Lipinski definition) is 2. The van der Waals surface area contributed by atoms with Crippen molar-refractivity contribution in [3.05, 3.63) is 59.4 Å². The Balaban J connectivity index is 2.44. The van der Waals surface area contributed by atoms with Gasteiger partial charge in [-0.05, 0) is 28.8 Å². The first-order chi connectivity index (χ1) is 8.61. The Morgan fingerprint density at radius 1 is 1.06 bits per heavy atom. The number of carbonyl (C=O) groups is 1. The van der Waals surface area contributed by atoms with Gasteiger partial charge in [0.1, 0.15) is 5.82 Å². The van der Waals surface area contributed by atoms with Gasteiger partial charge in [-0.25, -0.2) is 9.18 Å². The Labute approximate surface area is 103 Å². The standard InChI is InChI=1S/C14H11FO3/c15-13-6-5-11(7-12(13)14(17)18)10-3-1-9(8-16)2-4-10/h1-7,16H,8H2,(H,17,18). The molecule has 0 heterocycles. The van der Waals surface area contributed by atoms with Gasteiger partial charge in [0.05, 0.1) is 12.2 Å². The molecule has 0 saturated carbocycles. The van der Waals surface area contributed by atoms with E-state index in [1.165, 1.54) is 12.1 Å². The van der Waals surface area contributed by atoms with Crippen molar-refractivity contribution in [2.24, 2.45) is 0 Å². The quantitative estimate of drug-likeness (QED) is 0.875. The molecule has 0 spiro atoms. The summed E-state index contributed by atoms with van der Waals surface area (Å²) in [5.41, 5.74) is 1.81. The maximum absolute atomic E-state index is 13.2. The molecule has 0 unspecified atom stereocenters. The summed E-state index contributed by atoms with van der Waals surface area (Å²) >= 11 is 0. The van der Waals surface area contributed by atoms with Crippen LogP contribution in [0.25, 0.3) is 11.1 Å². The average Bonchev–Trinajstić information content (AvgIpc) is 2.39. The predicted molar refractivity (Wildman–Crippen MR) is 64.7 cm³/mol. The maximum atomic E-state index is 13.2. The van der Waals surface area contributed by atoms with Crippen molar-refractivity contribution < 1.29 is 19.4 Å². The molecule has 2 aromatic carbocycles. The summed E-state index contributed by atoms with van der Waals surface area (Å²) in [6.07, 6.45) is 0. The number of aromatic carboxylic acids is 1. The van der Waals surface area contributed by atoms with E-state index in [2.05, 4.69) is 0 Å². The van der Waals surface area contributed by atoms with Crippen molar-refractivity contribution in [2.45, 2.75) is 6.61 Å². The molecule has 0 aromatic heterocycles. The Bertz CT molecular complexity index is 576. The highest BCUT2D eigenvalue weighted by atomic mass is 19.1. The lowest BCUT2D eigenvalue weighted by Crippen LogP contribution is -2.00. The van der Waals surface area contributed by atoms with Gasteiger partial charge in [-0.1, -0.05) is 30.3 Å². The number of carboxylic acid groups (broad SMARTS) is 1. The van der Waals surface area contributed by atoms with Gasteiger partial charge >= 0.3 is 5.97 Å². The minimum absolute atomic E-state index is 0.0515. The minimum Gasteiger partial charge on any atom is -0.478 e. The molecule has 0 radical (unpaired) electrons. The largest absolute Gasteiger partial charge is 0.478 e. The lowest BCUT2D eigenvalue weighted by atomic mass is 10.0. The average molecular weight is 246 g/mol. The van der Waals surface area contributed by atoms with E-state index >= 15 is 0 Å². The lowest BCUT2D eigenvalue weighted by molar-refractivity contribution is 0.0692. The third-order valence-electron chi connectivity index (χ3n) is 2.67. The van der Waals surface area contributed by atoms with Crippen LogP contribution in [0.15, 0.2) is 42.5 Å². The molecule has 2 N–H and O–H groups in total. The summed E-state index contributed by atoms with van der Waals surface area (Å²) in [7, 11) is 0. The second-order valence-corrected chi connectivity index (χ2v) is 3.85. The van der Waals surface area contributed by atoms with Crippen LogP contribution in [0.1, 0.15) is 15.9 Å². The highest BCUT2D eigenvalue weighted by molar-refractivity contribution is 5.89. The molecule has 0 aliphatic rings. The van der Waals surface area contributed by atoms with E-state index in [1.807, 2.05) is 0 Å². The van der Waals surface area contributed by atoms with Crippen LogP contribution >= 0.6 is 0 Å². The molecular weight excluding hydrogens is 235 g/mol. The Hall–Kier alpha value is -2.20. The van der Waals surface area contributed by atoms with Gasteiger partial charge in [-0.15, -0.1) is 0 Å². The zero-order chi connectivity index (χ0) is 13.1. The van der Waals surface area contributed by atoms with Crippen LogP contribution in [0.5, 0.6) is 0 Å². The molecule has 0 amide bonds. The van der Waals surface area contributed by atoms with Crippen LogP contribution in [0.3, 0.4) is 0 Å². The summed E-state index contributed by atoms with van der Waals surface area (Å²) in [6.45, 7) is -0.0515. The molecule has 0 atom stereocenters. The minimum atomic E-state index is -1.29. The van der Waals surface area contributed by atoms with Crippen LogP contribution in [0.4, 0.5) is 4.39 Å². The highest BCUT2D eigenvalue weighted by Gasteiger charge is 2.11. The number of halogens is 1. The normalized spacial score (nSPS) is 10.3. The maximum Gasteiger partial charge on any atom is 0.338 e. The molecule has 92 valence electrons. The predicted octanol–water partition coefficient (Wildman–Crippen LogP) is 2.68. The van der Waals surface area contributed by atoms with E-state index in [9.17, 15) is 9.18 Å². The third kappa shape index (κ3) is 2.38. The van der Waals surface area contributed by atoms with Crippen molar-refractivity contribution in [2.75, 3.05) is 0 Å². The van der Waals surface area contributed by atoms with Crippen LogP contribution in [0.2, 0.25) is 0 Å². The molecule has 2 aromatic rings. The van der Waals surface area contributed by atoms with E-state index in [0.717, 1.165) is 17.2 Å². The Morgan fingerprint density at radius 3 is 2.22 bits per heavy atom. The fourth-order valence-electron chi connectivity index (χ4n) is 1.67. The van der Waals surface area contributed by atoms with E-state index in [4.69, 9.17) is 10.2 Å². The fraction of sp³-hybridized carbons (Fsp3) is 0.0714. The summed E-state index contributed by atoms with van der Waals surface area (Å²) in [6, 6.07) is 10.9. The van der Waals surface area contributed by atoms with Crippen molar-refractivity contribution >= 4 is 5.97 Å². The number of hydrogen-bond donors (Lipinski definition) is 2. The smallest absolute Gasteiger partial charge is 0.338 e. The zero-order valence-corrected chi connectivity index (χ0v) is 9.43. The molecular formula is C14H11FO3. The Morgan fingerprint density at radius 2 is 1.67 bits per heavy atom. The van der Waals surface area contributed by atoms with Crippen LogP contribution in [-0.4, -0.2) is 16.2 Å². The second-order valence-electron chi connectivity index (χ2n) is 3.85. The summed E-state index contributed by atoms with van der Waals surface area (Å²) < 4.78 is 13.2. The second kappa shape index (κ2) is 4.98.